The predicted molar refractivity (Wildman–Crippen MR) is 44.5 cm³/mol. The van der Waals surface area contributed by atoms with E-state index in [4.69, 9.17) is 16.7 Å². The Balaban J connectivity index is 3.27. The second-order valence-electron chi connectivity index (χ2n) is 2.50. The van der Waals surface area contributed by atoms with Crippen LogP contribution in [0, 0.1) is 0 Å². The molecule has 0 aliphatic carbocycles. The fraction of sp³-hybridized carbons (Fsp3) is 1.00. The van der Waals surface area contributed by atoms with Gasteiger partial charge < -0.3 is 10.4 Å². The number of hydrogen-bond donors (Lipinski definition) is 2. The highest BCUT2D eigenvalue weighted by Crippen LogP contribution is 1.98. The molecular formula is C7H16ClNO. The summed E-state index contributed by atoms with van der Waals surface area (Å²) in [5, 5.41) is 12.3. The van der Waals surface area contributed by atoms with Gasteiger partial charge in [-0.1, -0.05) is 6.92 Å². The first-order valence-corrected chi connectivity index (χ1v) is 4.21. The molecule has 0 radical (unpaired) electrons. The van der Waals surface area contributed by atoms with Crippen molar-refractivity contribution in [2.24, 2.45) is 0 Å². The van der Waals surface area contributed by atoms with Crippen molar-refractivity contribution in [3.05, 3.63) is 0 Å². The Bertz CT molecular complexity index is 80.0. The van der Waals surface area contributed by atoms with E-state index in [1.165, 1.54) is 0 Å². The average Bonchev–Trinajstić information content (AvgIpc) is 1.88. The van der Waals surface area contributed by atoms with E-state index in [2.05, 4.69) is 5.32 Å². The molecule has 0 spiro atoms. The Morgan fingerprint density at radius 3 is 2.60 bits per heavy atom. The van der Waals surface area contributed by atoms with Crippen molar-refractivity contribution in [2.75, 3.05) is 12.4 Å². The Kier molecular flexibility index (Phi) is 6.08. The van der Waals surface area contributed by atoms with Gasteiger partial charge in [-0.2, -0.15) is 0 Å². The molecule has 62 valence electrons. The summed E-state index contributed by atoms with van der Waals surface area (Å²) in [4.78, 5) is 0. The maximum absolute atomic E-state index is 9.08. The van der Waals surface area contributed by atoms with Crippen LogP contribution in [0.4, 0.5) is 0 Å². The zero-order valence-electron chi connectivity index (χ0n) is 6.60. The third-order valence-corrected chi connectivity index (χ3v) is 1.71. The lowest BCUT2D eigenvalue weighted by Crippen LogP contribution is -2.30. The van der Waals surface area contributed by atoms with Gasteiger partial charge >= 0.3 is 0 Å². The van der Waals surface area contributed by atoms with Gasteiger partial charge in [0.15, 0.2) is 0 Å². The topological polar surface area (TPSA) is 32.3 Å². The maximum atomic E-state index is 9.08. The van der Waals surface area contributed by atoms with Gasteiger partial charge in [-0.05, 0) is 19.9 Å². The number of aliphatic hydroxyl groups is 1. The number of alkyl halides is 1. The van der Waals surface area contributed by atoms with Crippen molar-refractivity contribution >= 4 is 11.6 Å². The fourth-order valence-electron chi connectivity index (χ4n) is 0.903. The highest BCUT2D eigenvalue weighted by atomic mass is 35.5. The van der Waals surface area contributed by atoms with Crippen molar-refractivity contribution in [1.29, 1.82) is 0 Å². The van der Waals surface area contributed by atoms with E-state index in [9.17, 15) is 0 Å². The van der Waals surface area contributed by atoms with Gasteiger partial charge in [0.25, 0.3) is 0 Å². The first-order chi connectivity index (χ1) is 4.70. The molecule has 0 aliphatic heterocycles. The van der Waals surface area contributed by atoms with Gasteiger partial charge in [-0.15, -0.1) is 11.6 Å². The Labute approximate surface area is 67.6 Å². The molecule has 3 heteroatoms. The maximum Gasteiger partial charge on any atom is 0.0690 e. The molecule has 0 aliphatic rings. The van der Waals surface area contributed by atoms with E-state index in [0.717, 1.165) is 13.0 Å². The van der Waals surface area contributed by atoms with Crippen LogP contribution in [0.2, 0.25) is 0 Å². The summed E-state index contributed by atoms with van der Waals surface area (Å²) in [6, 6.07) is 0.360. The van der Waals surface area contributed by atoms with Crippen LogP contribution in [0.15, 0.2) is 0 Å². The summed E-state index contributed by atoms with van der Waals surface area (Å²) < 4.78 is 0. The van der Waals surface area contributed by atoms with E-state index in [-0.39, 0.29) is 6.10 Å². The molecule has 0 bridgehead atoms. The first-order valence-electron chi connectivity index (χ1n) is 3.68. The molecule has 0 fully saturated rings. The van der Waals surface area contributed by atoms with Gasteiger partial charge in [0, 0.05) is 11.9 Å². The zero-order valence-corrected chi connectivity index (χ0v) is 7.36. The second-order valence-corrected chi connectivity index (χ2v) is 2.81. The average molecular weight is 166 g/mol. The normalized spacial score (nSPS) is 16.8. The van der Waals surface area contributed by atoms with E-state index < -0.39 is 0 Å². The molecule has 0 heterocycles. The third kappa shape index (κ3) is 5.03. The van der Waals surface area contributed by atoms with E-state index in [0.29, 0.717) is 11.9 Å². The molecule has 0 aromatic rings. The summed E-state index contributed by atoms with van der Waals surface area (Å²) in [6.45, 7) is 5.03. The fourth-order valence-corrected chi connectivity index (χ4v) is 1.03. The molecule has 10 heavy (non-hydrogen) atoms. The van der Waals surface area contributed by atoms with Gasteiger partial charge in [-0.3, -0.25) is 0 Å². The number of rotatable bonds is 5. The summed E-state index contributed by atoms with van der Waals surface area (Å²) >= 11 is 5.42. The molecule has 0 aromatic heterocycles. The van der Waals surface area contributed by atoms with Crippen LogP contribution in [-0.4, -0.2) is 29.7 Å². The lowest BCUT2D eigenvalue weighted by molar-refractivity contribution is 0.174. The van der Waals surface area contributed by atoms with E-state index >= 15 is 0 Å². The molecule has 2 N–H and O–H groups in total. The molecule has 2 unspecified atom stereocenters. The lowest BCUT2D eigenvalue weighted by Gasteiger charge is -2.14. The highest BCUT2D eigenvalue weighted by molar-refractivity contribution is 6.18. The molecule has 0 saturated heterocycles. The summed E-state index contributed by atoms with van der Waals surface area (Å²) in [5.41, 5.74) is 0. The van der Waals surface area contributed by atoms with Crippen LogP contribution in [0.25, 0.3) is 0 Å². The molecule has 2 nitrogen and oxygen atoms in total. The number of hydrogen-bond acceptors (Lipinski definition) is 2. The minimum atomic E-state index is -0.365. The van der Waals surface area contributed by atoms with Crippen molar-refractivity contribution in [2.45, 2.75) is 32.4 Å². The Morgan fingerprint density at radius 2 is 2.20 bits per heavy atom. The smallest absolute Gasteiger partial charge is 0.0690 e. The van der Waals surface area contributed by atoms with Crippen LogP contribution in [0.1, 0.15) is 20.3 Å². The zero-order chi connectivity index (χ0) is 7.98. The molecule has 2 atom stereocenters. The minimum Gasteiger partial charge on any atom is -0.392 e. The second kappa shape index (κ2) is 5.96. The van der Waals surface area contributed by atoms with Gasteiger partial charge in [0.1, 0.15) is 0 Å². The molecule has 0 amide bonds. The predicted octanol–water partition coefficient (Wildman–Crippen LogP) is 0.974. The van der Waals surface area contributed by atoms with Crippen molar-refractivity contribution in [3.63, 3.8) is 0 Å². The van der Waals surface area contributed by atoms with Crippen LogP contribution in [0.3, 0.4) is 0 Å². The summed E-state index contributed by atoms with van der Waals surface area (Å²) in [6.07, 6.45) is 0.368. The Morgan fingerprint density at radius 1 is 1.60 bits per heavy atom. The van der Waals surface area contributed by atoms with E-state index in [1.54, 1.807) is 0 Å². The summed E-state index contributed by atoms with van der Waals surface area (Å²) in [5.74, 6) is 0.329. The van der Waals surface area contributed by atoms with Crippen LogP contribution in [-0.2, 0) is 0 Å². The molecule has 0 saturated carbocycles. The first kappa shape index (κ1) is 10.2. The van der Waals surface area contributed by atoms with Gasteiger partial charge in [0.05, 0.1) is 6.10 Å². The molecular weight excluding hydrogens is 150 g/mol. The third-order valence-electron chi connectivity index (χ3n) is 1.36. The van der Waals surface area contributed by atoms with Crippen molar-refractivity contribution in [3.8, 4) is 0 Å². The van der Waals surface area contributed by atoms with E-state index in [1.807, 2.05) is 13.8 Å². The monoisotopic (exact) mass is 165 g/mol. The largest absolute Gasteiger partial charge is 0.392 e. The number of halogens is 1. The van der Waals surface area contributed by atoms with Gasteiger partial charge in [0.2, 0.25) is 0 Å². The minimum absolute atomic E-state index is 0.329. The SMILES string of the molecule is CCNC(C)CC(O)CCl. The molecule has 0 rings (SSSR count). The van der Waals surface area contributed by atoms with Crippen LogP contribution >= 0.6 is 11.6 Å². The molecule has 0 aromatic carbocycles. The van der Waals surface area contributed by atoms with Crippen molar-refractivity contribution in [1.82, 2.24) is 5.32 Å². The lowest BCUT2D eigenvalue weighted by atomic mass is 10.1. The quantitative estimate of drug-likeness (QED) is 0.596. The van der Waals surface area contributed by atoms with Crippen LogP contribution in [0.5, 0.6) is 0 Å². The number of aliphatic hydroxyl groups excluding tert-OH is 1. The summed E-state index contributed by atoms with van der Waals surface area (Å²) in [7, 11) is 0. The highest BCUT2D eigenvalue weighted by Gasteiger charge is 2.06. The Hall–Kier alpha value is 0.210. The van der Waals surface area contributed by atoms with Gasteiger partial charge in [-0.25, -0.2) is 0 Å². The number of nitrogens with one attached hydrogen (secondary N) is 1. The standard InChI is InChI=1S/C7H16ClNO/c1-3-9-6(2)4-7(10)5-8/h6-7,9-10H,3-5H2,1-2H3. The van der Waals surface area contributed by atoms with Crippen molar-refractivity contribution < 1.29 is 5.11 Å². The van der Waals surface area contributed by atoms with Crippen LogP contribution < -0.4 is 5.32 Å².